The number of carbonyl (C=O) groups is 5. The SMILES string of the molecule is CSCCC(NC(=O)C(CCC(N)=O)NC(=O)C(N)CC(C)C)C(=O)NC(CCCCN)C(=O)O. The summed E-state index contributed by atoms with van der Waals surface area (Å²) in [5.74, 6) is -3.06. The summed E-state index contributed by atoms with van der Waals surface area (Å²) in [7, 11) is 0. The zero-order chi connectivity index (χ0) is 27.0. The fraction of sp³-hybridized carbons (Fsp3) is 0.773. The van der Waals surface area contributed by atoms with Crippen LogP contribution in [0.1, 0.15) is 58.8 Å². The van der Waals surface area contributed by atoms with Crippen molar-refractivity contribution in [2.45, 2.75) is 83.0 Å². The molecule has 0 saturated carbocycles. The highest BCUT2D eigenvalue weighted by Gasteiger charge is 2.30. The van der Waals surface area contributed by atoms with Gasteiger partial charge in [-0.25, -0.2) is 4.79 Å². The van der Waals surface area contributed by atoms with Crippen molar-refractivity contribution in [3.8, 4) is 0 Å². The lowest BCUT2D eigenvalue weighted by atomic mass is 10.0. The Labute approximate surface area is 211 Å². The molecule has 0 rings (SSSR count). The number of aliphatic carboxylic acids is 1. The molecule has 4 atom stereocenters. The third kappa shape index (κ3) is 14.6. The van der Waals surface area contributed by atoms with Crippen LogP contribution in [-0.2, 0) is 24.0 Å². The van der Waals surface area contributed by atoms with Crippen LogP contribution in [0.2, 0.25) is 0 Å². The summed E-state index contributed by atoms with van der Waals surface area (Å²) in [6, 6.07) is -4.15. The minimum atomic E-state index is -1.18. The van der Waals surface area contributed by atoms with E-state index in [1.165, 1.54) is 11.8 Å². The Morgan fingerprint density at radius 2 is 1.40 bits per heavy atom. The maximum atomic E-state index is 13.0. The van der Waals surface area contributed by atoms with Crippen molar-refractivity contribution in [1.82, 2.24) is 16.0 Å². The minimum Gasteiger partial charge on any atom is -0.480 e. The molecular formula is C22H42N6O6S. The maximum absolute atomic E-state index is 13.0. The lowest BCUT2D eigenvalue weighted by molar-refractivity contribution is -0.142. The van der Waals surface area contributed by atoms with Gasteiger partial charge < -0.3 is 38.3 Å². The summed E-state index contributed by atoms with van der Waals surface area (Å²) in [4.78, 5) is 61.2. The number of nitrogens with one attached hydrogen (secondary N) is 3. The van der Waals surface area contributed by atoms with Gasteiger partial charge in [0.15, 0.2) is 0 Å². The van der Waals surface area contributed by atoms with Gasteiger partial charge in [0.1, 0.15) is 18.1 Å². The fourth-order valence-electron chi connectivity index (χ4n) is 3.25. The summed E-state index contributed by atoms with van der Waals surface area (Å²) >= 11 is 1.45. The molecule has 0 heterocycles. The van der Waals surface area contributed by atoms with E-state index in [0.717, 1.165) is 0 Å². The predicted octanol–water partition coefficient (Wildman–Crippen LogP) is -0.954. The van der Waals surface area contributed by atoms with Crippen molar-refractivity contribution in [3.05, 3.63) is 0 Å². The van der Waals surface area contributed by atoms with E-state index in [2.05, 4.69) is 16.0 Å². The second kappa shape index (κ2) is 18.0. The lowest BCUT2D eigenvalue weighted by Crippen LogP contribution is -2.57. The van der Waals surface area contributed by atoms with Crippen LogP contribution in [0.25, 0.3) is 0 Å². The number of nitrogens with two attached hydrogens (primary N) is 3. The van der Waals surface area contributed by atoms with Crippen molar-refractivity contribution in [2.24, 2.45) is 23.1 Å². The van der Waals surface area contributed by atoms with Crippen LogP contribution in [0.3, 0.4) is 0 Å². The number of primary amides is 1. The van der Waals surface area contributed by atoms with Crippen LogP contribution in [0.5, 0.6) is 0 Å². The number of amides is 4. The molecule has 0 radical (unpaired) electrons. The first-order chi connectivity index (χ1) is 16.4. The first-order valence-electron chi connectivity index (χ1n) is 11.8. The maximum Gasteiger partial charge on any atom is 0.326 e. The van der Waals surface area contributed by atoms with E-state index in [1.54, 1.807) is 0 Å². The Kier molecular flexibility index (Phi) is 16.7. The zero-order valence-corrected chi connectivity index (χ0v) is 21.7. The van der Waals surface area contributed by atoms with Gasteiger partial charge in [0.25, 0.3) is 0 Å². The van der Waals surface area contributed by atoms with E-state index in [4.69, 9.17) is 17.2 Å². The largest absolute Gasteiger partial charge is 0.480 e. The molecule has 0 aliphatic carbocycles. The second-order valence-corrected chi connectivity index (χ2v) is 9.81. The molecule has 35 heavy (non-hydrogen) atoms. The molecule has 0 saturated heterocycles. The number of hydrogen-bond acceptors (Lipinski definition) is 8. The molecule has 4 unspecified atom stereocenters. The van der Waals surface area contributed by atoms with Gasteiger partial charge in [-0.2, -0.15) is 11.8 Å². The summed E-state index contributed by atoms with van der Waals surface area (Å²) in [6.45, 7) is 4.21. The van der Waals surface area contributed by atoms with E-state index >= 15 is 0 Å². The first kappa shape index (κ1) is 32.6. The molecular weight excluding hydrogens is 476 g/mol. The number of carboxylic acids is 1. The van der Waals surface area contributed by atoms with E-state index in [1.807, 2.05) is 20.1 Å². The molecule has 0 fully saturated rings. The monoisotopic (exact) mass is 518 g/mol. The molecule has 202 valence electrons. The van der Waals surface area contributed by atoms with Crippen LogP contribution < -0.4 is 33.2 Å². The van der Waals surface area contributed by atoms with Crippen molar-refractivity contribution < 1.29 is 29.1 Å². The number of carbonyl (C=O) groups excluding carboxylic acids is 4. The predicted molar refractivity (Wildman–Crippen MR) is 135 cm³/mol. The standard InChI is InChI=1S/C22H42N6O6S/c1-13(2)12-14(24)19(30)26-15(7-8-18(25)29)20(31)27-16(9-11-35-3)21(32)28-17(22(33)34)6-4-5-10-23/h13-17H,4-12,23-24H2,1-3H3,(H2,25,29)(H,26,30)(H,27,31)(H,28,32)(H,33,34). The van der Waals surface area contributed by atoms with Crippen molar-refractivity contribution in [2.75, 3.05) is 18.6 Å². The highest BCUT2D eigenvalue weighted by Crippen LogP contribution is 2.08. The van der Waals surface area contributed by atoms with Gasteiger partial charge in [-0.15, -0.1) is 0 Å². The van der Waals surface area contributed by atoms with Gasteiger partial charge in [0, 0.05) is 6.42 Å². The highest BCUT2D eigenvalue weighted by molar-refractivity contribution is 7.98. The summed E-state index contributed by atoms with van der Waals surface area (Å²) in [5, 5.41) is 17.1. The van der Waals surface area contributed by atoms with Crippen molar-refractivity contribution in [1.29, 1.82) is 0 Å². The van der Waals surface area contributed by atoms with E-state index in [-0.39, 0.29) is 31.6 Å². The Bertz CT molecular complexity index is 708. The van der Waals surface area contributed by atoms with Crippen molar-refractivity contribution in [3.63, 3.8) is 0 Å². The molecule has 4 amide bonds. The number of rotatable bonds is 19. The third-order valence-corrected chi connectivity index (χ3v) is 5.82. The summed E-state index contributed by atoms with van der Waals surface area (Å²) in [5.41, 5.74) is 16.6. The average Bonchev–Trinajstić information content (AvgIpc) is 2.77. The van der Waals surface area contributed by atoms with Gasteiger partial charge in [0.05, 0.1) is 6.04 Å². The van der Waals surface area contributed by atoms with Crippen LogP contribution in [0.15, 0.2) is 0 Å². The highest BCUT2D eigenvalue weighted by atomic mass is 32.2. The number of hydrogen-bond donors (Lipinski definition) is 7. The Hall–Kier alpha value is -2.38. The summed E-state index contributed by atoms with van der Waals surface area (Å²) < 4.78 is 0. The molecule has 0 spiro atoms. The van der Waals surface area contributed by atoms with Gasteiger partial charge >= 0.3 is 5.97 Å². The minimum absolute atomic E-state index is 0.0744. The molecule has 13 heteroatoms. The van der Waals surface area contributed by atoms with Gasteiger partial charge in [-0.1, -0.05) is 13.8 Å². The van der Waals surface area contributed by atoms with E-state index < -0.39 is 53.8 Å². The number of unbranched alkanes of at least 4 members (excludes halogenated alkanes) is 1. The normalized spacial score (nSPS) is 14.5. The zero-order valence-electron chi connectivity index (χ0n) is 20.9. The molecule has 12 nitrogen and oxygen atoms in total. The van der Waals surface area contributed by atoms with E-state index in [0.29, 0.717) is 31.6 Å². The third-order valence-electron chi connectivity index (χ3n) is 5.18. The van der Waals surface area contributed by atoms with Gasteiger partial charge in [-0.05, 0) is 63.0 Å². The molecule has 0 aromatic heterocycles. The molecule has 0 aromatic rings. The quantitative estimate of drug-likeness (QED) is 0.105. The van der Waals surface area contributed by atoms with Crippen LogP contribution >= 0.6 is 11.8 Å². The number of thioether (sulfide) groups is 1. The van der Waals surface area contributed by atoms with Crippen LogP contribution in [-0.4, -0.2) is 77.4 Å². The molecule has 0 aliphatic heterocycles. The molecule has 10 N–H and O–H groups in total. The van der Waals surface area contributed by atoms with Gasteiger partial charge in [0.2, 0.25) is 23.6 Å². The van der Waals surface area contributed by atoms with Crippen LogP contribution in [0.4, 0.5) is 0 Å². The van der Waals surface area contributed by atoms with Crippen molar-refractivity contribution >= 4 is 41.4 Å². The summed E-state index contributed by atoms with van der Waals surface area (Å²) in [6.07, 6.45) is 3.56. The molecule has 0 aliphatic rings. The number of carboxylic acid groups (broad SMARTS) is 1. The van der Waals surface area contributed by atoms with Gasteiger partial charge in [-0.3, -0.25) is 19.2 Å². The van der Waals surface area contributed by atoms with E-state index in [9.17, 15) is 29.1 Å². The Morgan fingerprint density at radius 1 is 0.857 bits per heavy atom. The Balaban J connectivity index is 5.47. The smallest absolute Gasteiger partial charge is 0.326 e. The second-order valence-electron chi connectivity index (χ2n) is 8.83. The fourth-order valence-corrected chi connectivity index (χ4v) is 3.72. The topological polar surface area (TPSA) is 220 Å². The molecule has 0 aromatic carbocycles. The Morgan fingerprint density at radius 3 is 1.89 bits per heavy atom. The first-order valence-corrected chi connectivity index (χ1v) is 13.2. The lowest BCUT2D eigenvalue weighted by Gasteiger charge is -2.25. The van der Waals surface area contributed by atoms with Crippen LogP contribution in [0, 0.1) is 5.92 Å². The average molecular weight is 519 g/mol. The molecule has 0 bridgehead atoms.